The van der Waals surface area contributed by atoms with Crippen molar-refractivity contribution >= 4 is 17.7 Å². The van der Waals surface area contributed by atoms with Crippen LogP contribution in [0.25, 0.3) is 0 Å². The molecule has 2 N–H and O–H groups in total. The molecular weight excluding hydrogens is 268 g/mol. The number of hydrogen-bond acceptors (Lipinski definition) is 2. The van der Waals surface area contributed by atoms with E-state index in [0.29, 0.717) is 17.2 Å². The lowest BCUT2D eigenvalue weighted by molar-refractivity contribution is 0.0697. The molecule has 1 saturated carbocycles. The predicted octanol–water partition coefficient (Wildman–Crippen LogP) is 3.35. The number of urea groups is 1. The van der Waals surface area contributed by atoms with Crippen LogP contribution in [0.3, 0.4) is 0 Å². The molecule has 114 valence electrons. The van der Waals surface area contributed by atoms with Gasteiger partial charge in [0.2, 0.25) is 0 Å². The van der Waals surface area contributed by atoms with E-state index >= 15 is 0 Å². The molecule has 0 heterocycles. The van der Waals surface area contributed by atoms with Crippen molar-refractivity contribution in [3.8, 4) is 0 Å². The zero-order valence-corrected chi connectivity index (χ0v) is 12.7. The van der Waals surface area contributed by atoms with Crippen molar-refractivity contribution in [2.75, 3.05) is 11.9 Å². The van der Waals surface area contributed by atoms with E-state index in [0.717, 1.165) is 6.54 Å². The second-order valence-electron chi connectivity index (χ2n) is 5.92. The third-order valence-corrected chi connectivity index (χ3v) is 3.76. The lowest BCUT2D eigenvalue weighted by atomic mass is 10.1. The van der Waals surface area contributed by atoms with Gasteiger partial charge in [0.15, 0.2) is 0 Å². The summed E-state index contributed by atoms with van der Waals surface area (Å²) >= 11 is 0. The van der Waals surface area contributed by atoms with Crippen LogP contribution in [0, 0.1) is 12.8 Å². The molecule has 5 nitrogen and oxygen atoms in total. The van der Waals surface area contributed by atoms with Crippen molar-refractivity contribution in [3.05, 3.63) is 29.3 Å². The van der Waals surface area contributed by atoms with Crippen molar-refractivity contribution in [3.63, 3.8) is 0 Å². The molecule has 1 aliphatic carbocycles. The minimum Gasteiger partial charge on any atom is -0.478 e. The molecular formula is C16H22N2O3. The molecule has 0 spiro atoms. The first-order valence-electron chi connectivity index (χ1n) is 7.30. The summed E-state index contributed by atoms with van der Waals surface area (Å²) in [7, 11) is 0. The van der Waals surface area contributed by atoms with Gasteiger partial charge in [-0.05, 0) is 51.2 Å². The number of hydrogen-bond donors (Lipinski definition) is 2. The number of carbonyl (C=O) groups excluding carboxylic acids is 1. The van der Waals surface area contributed by atoms with E-state index in [2.05, 4.69) is 5.32 Å². The van der Waals surface area contributed by atoms with Crippen LogP contribution < -0.4 is 5.32 Å². The largest absolute Gasteiger partial charge is 0.478 e. The number of anilines is 1. The van der Waals surface area contributed by atoms with Gasteiger partial charge in [0.05, 0.1) is 11.3 Å². The summed E-state index contributed by atoms with van der Waals surface area (Å²) in [4.78, 5) is 25.5. The number of nitrogens with zero attached hydrogens (tertiary/aromatic N) is 1. The van der Waals surface area contributed by atoms with Crippen LogP contribution in [0.5, 0.6) is 0 Å². The number of aryl methyl sites for hydroxylation is 1. The van der Waals surface area contributed by atoms with Crippen LogP contribution in [0.15, 0.2) is 18.2 Å². The Kier molecular flexibility index (Phi) is 4.50. The minimum absolute atomic E-state index is 0.0867. The Morgan fingerprint density at radius 1 is 1.38 bits per heavy atom. The summed E-state index contributed by atoms with van der Waals surface area (Å²) in [6.45, 7) is 6.40. The van der Waals surface area contributed by atoms with Crippen molar-refractivity contribution < 1.29 is 14.7 Å². The van der Waals surface area contributed by atoms with Gasteiger partial charge < -0.3 is 15.3 Å². The van der Waals surface area contributed by atoms with E-state index < -0.39 is 5.97 Å². The Morgan fingerprint density at radius 3 is 2.57 bits per heavy atom. The molecule has 0 radical (unpaired) electrons. The zero-order valence-electron chi connectivity index (χ0n) is 12.7. The Balaban J connectivity index is 2.17. The van der Waals surface area contributed by atoms with Gasteiger partial charge in [-0.1, -0.05) is 12.1 Å². The normalized spacial score (nSPS) is 14.1. The van der Waals surface area contributed by atoms with Crippen LogP contribution in [-0.4, -0.2) is 34.6 Å². The number of amides is 2. The Hall–Kier alpha value is -2.04. The van der Waals surface area contributed by atoms with Gasteiger partial charge in [-0.25, -0.2) is 9.59 Å². The number of benzene rings is 1. The van der Waals surface area contributed by atoms with Crippen LogP contribution in [0.2, 0.25) is 0 Å². The number of nitrogens with one attached hydrogen (secondary N) is 1. The topological polar surface area (TPSA) is 69.6 Å². The van der Waals surface area contributed by atoms with Gasteiger partial charge in [-0.3, -0.25) is 0 Å². The first-order chi connectivity index (χ1) is 9.90. The highest BCUT2D eigenvalue weighted by molar-refractivity contribution is 6.01. The Morgan fingerprint density at radius 2 is 2.05 bits per heavy atom. The quantitative estimate of drug-likeness (QED) is 0.873. The van der Waals surface area contributed by atoms with Gasteiger partial charge in [-0.2, -0.15) is 0 Å². The highest BCUT2D eigenvalue weighted by Crippen LogP contribution is 2.30. The van der Waals surface area contributed by atoms with Crippen molar-refractivity contribution in [2.45, 2.75) is 39.7 Å². The average molecular weight is 290 g/mol. The number of carbonyl (C=O) groups is 2. The highest BCUT2D eigenvalue weighted by atomic mass is 16.4. The third kappa shape index (κ3) is 3.74. The molecule has 0 unspecified atom stereocenters. The maximum absolute atomic E-state index is 12.4. The summed E-state index contributed by atoms with van der Waals surface area (Å²) in [5.41, 5.74) is 1.15. The van der Waals surface area contributed by atoms with Gasteiger partial charge in [0, 0.05) is 12.6 Å². The van der Waals surface area contributed by atoms with E-state index in [1.54, 1.807) is 30.0 Å². The number of aromatic carboxylic acids is 1. The van der Waals surface area contributed by atoms with E-state index in [1.807, 2.05) is 13.8 Å². The molecule has 0 aromatic heterocycles. The molecule has 0 aliphatic heterocycles. The van der Waals surface area contributed by atoms with E-state index in [9.17, 15) is 14.7 Å². The van der Waals surface area contributed by atoms with Gasteiger partial charge in [-0.15, -0.1) is 0 Å². The van der Waals surface area contributed by atoms with Crippen molar-refractivity contribution in [1.29, 1.82) is 0 Å². The maximum atomic E-state index is 12.4. The maximum Gasteiger partial charge on any atom is 0.338 e. The first-order valence-corrected chi connectivity index (χ1v) is 7.30. The molecule has 1 aliphatic rings. The summed E-state index contributed by atoms with van der Waals surface area (Å²) < 4.78 is 0. The number of carboxylic acid groups (broad SMARTS) is 1. The van der Waals surface area contributed by atoms with Crippen LogP contribution in [0.4, 0.5) is 10.5 Å². The van der Waals surface area contributed by atoms with Gasteiger partial charge in [0.1, 0.15) is 0 Å². The molecule has 0 saturated heterocycles. The number of carboxylic acids is 1. The average Bonchev–Trinajstić information content (AvgIpc) is 3.18. The number of rotatable bonds is 5. The summed E-state index contributed by atoms with van der Waals surface area (Å²) in [5.74, 6) is -0.434. The van der Waals surface area contributed by atoms with Crippen LogP contribution >= 0.6 is 0 Å². The molecule has 0 atom stereocenters. The molecule has 2 amide bonds. The standard InChI is InChI=1S/C16H22N2O3/c1-10(2)18(9-12-7-8-12)16(21)17-13-6-4-5-11(3)14(13)15(19)20/h4-6,10,12H,7-9H2,1-3H3,(H,17,21)(H,19,20). The summed E-state index contributed by atoms with van der Waals surface area (Å²) in [6, 6.07) is 4.96. The first kappa shape index (κ1) is 15.4. The van der Waals surface area contributed by atoms with Crippen LogP contribution in [0.1, 0.15) is 42.6 Å². The molecule has 21 heavy (non-hydrogen) atoms. The van der Waals surface area contributed by atoms with E-state index in [1.165, 1.54) is 12.8 Å². The second kappa shape index (κ2) is 6.16. The van der Waals surface area contributed by atoms with Crippen LogP contribution in [-0.2, 0) is 0 Å². The molecule has 5 heteroatoms. The van der Waals surface area contributed by atoms with E-state index in [4.69, 9.17) is 0 Å². The lowest BCUT2D eigenvalue weighted by Gasteiger charge is -2.27. The summed E-state index contributed by atoms with van der Waals surface area (Å²) in [6.07, 6.45) is 2.34. The Bertz CT molecular complexity index is 550. The predicted molar refractivity (Wildman–Crippen MR) is 81.7 cm³/mol. The highest BCUT2D eigenvalue weighted by Gasteiger charge is 2.28. The fourth-order valence-corrected chi connectivity index (χ4v) is 2.35. The van der Waals surface area contributed by atoms with Crippen molar-refractivity contribution in [2.24, 2.45) is 5.92 Å². The molecule has 1 aromatic rings. The molecule has 0 bridgehead atoms. The van der Waals surface area contributed by atoms with Crippen molar-refractivity contribution in [1.82, 2.24) is 4.90 Å². The van der Waals surface area contributed by atoms with Gasteiger partial charge in [0.25, 0.3) is 0 Å². The minimum atomic E-state index is -1.03. The fourth-order valence-electron chi connectivity index (χ4n) is 2.35. The Labute approximate surface area is 125 Å². The molecule has 1 fully saturated rings. The monoisotopic (exact) mass is 290 g/mol. The summed E-state index contributed by atoms with van der Waals surface area (Å²) in [5, 5.41) is 12.1. The third-order valence-electron chi connectivity index (χ3n) is 3.76. The molecule has 2 rings (SSSR count). The lowest BCUT2D eigenvalue weighted by Crippen LogP contribution is -2.41. The SMILES string of the molecule is Cc1cccc(NC(=O)N(CC2CC2)C(C)C)c1C(=O)O. The molecule has 1 aromatic carbocycles. The van der Waals surface area contributed by atoms with E-state index in [-0.39, 0.29) is 17.6 Å². The smallest absolute Gasteiger partial charge is 0.338 e. The fraction of sp³-hybridized carbons (Fsp3) is 0.500. The van der Waals surface area contributed by atoms with Gasteiger partial charge >= 0.3 is 12.0 Å². The zero-order chi connectivity index (χ0) is 15.6. The second-order valence-corrected chi connectivity index (χ2v) is 5.92.